The number of rotatable bonds is 11. The third-order valence-corrected chi connectivity index (χ3v) is 6.86. The predicted octanol–water partition coefficient (Wildman–Crippen LogP) is -5.75. The minimum absolute atomic E-state index is 0.152. The fourth-order valence-corrected chi connectivity index (χ4v) is 4.50. The highest BCUT2D eigenvalue weighted by molar-refractivity contribution is 4.96. The van der Waals surface area contributed by atoms with Gasteiger partial charge in [-0.1, -0.05) is 13.3 Å². The minimum Gasteiger partial charge on any atom is -0.394 e. The Hall–Kier alpha value is -0.640. The number of ether oxygens (including phenoxy) is 6. The molecule has 0 unspecified atom stereocenters. The van der Waals surface area contributed by atoms with Crippen LogP contribution in [0.25, 0.3) is 0 Å². The number of aliphatic hydroxyl groups is 10. The fourth-order valence-electron chi connectivity index (χ4n) is 4.50. The maximum absolute atomic E-state index is 11.3. The standard InChI is InChI=1S/C22H40O16/c1-2-3-4-33-22-19(38-21-16(31)14(29)12(27)9(6-24)35-21)17(32)18(10(7-25)36-22)37-20-15(30)13(28)11(26)8(5-23)34-20/h8-32H,2-7H2,1H3/t8-,9-,10-,11-,12-,13+,14+,15+,16+,17+,18-,19+,20-,21-,22+/m1/s1. The third-order valence-electron chi connectivity index (χ3n) is 6.86. The molecule has 0 radical (unpaired) electrons. The van der Waals surface area contributed by atoms with Gasteiger partial charge in [0, 0.05) is 6.61 Å². The van der Waals surface area contributed by atoms with Crippen LogP contribution >= 0.6 is 0 Å². The zero-order valence-electron chi connectivity index (χ0n) is 20.8. The van der Waals surface area contributed by atoms with Gasteiger partial charge in [0.1, 0.15) is 73.2 Å². The molecule has 3 saturated heterocycles. The summed E-state index contributed by atoms with van der Waals surface area (Å²) in [5.41, 5.74) is 0. The van der Waals surface area contributed by atoms with Gasteiger partial charge in [-0.15, -0.1) is 0 Å². The van der Waals surface area contributed by atoms with E-state index in [1.165, 1.54) is 0 Å². The molecule has 0 aromatic rings. The van der Waals surface area contributed by atoms with Gasteiger partial charge in [-0.3, -0.25) is 0 Å². The van der Waals surface area contributed by atoms with Gasteiger partial charge < -0.3 is 79.5 Å². The molecule has 16 heteroatoms. The average Bonchev–Trinajstić information content (AvgIpc) is 2.91. The van der Waals surface area contributed by atoms with Crippen LogP contribution in [-0.4, -0.2) is 170 Å². The van der Waals surface area contributed by atoms with E-state index in [2.05, 4.69) is 0 Å². The molecule has 0 bridgehead atoms. The molecule has 0 saturated carbocycles. The van der Waals surface area contributed by atoms with Gasteiger partial charge in [-0.2, -0.15) is 0 Å². The molecule has 3 aliphatic heterocycles. The van der Waals surface area contributed by atoms with E-state index in [1.54, 1.807) is 0 Å². The summed E-state index contributed by atoms with van der Waals surface area (Å²) in [7, 11) is 0. The summed E-state index contributed by atoms with van der Waals surface area (Å²) in [4.78, 5) is 0. The maximum Gasteiger partial charge on any atom is 0.187 e. The first-order chi connectivity index (χ1) is 18.1. The van der Waals surface area contributed by atoms with Crippen molar-refractivity contribution in [1.29, 1.82) is 0 Å². The Morgan fingerprint density at radius 2 is 0.974 bits per heavy atom. The van der Waals surface area contributed by atoms with Crippen molar-refractivity contribution < 1.29 is 79.5 Å². The van der Waals surface area contributed by atoms with Crippen LogP contribution in [0.4, 0.5) is 0 Å². The number of hydrogen-bond donors (Lipinski definition) is 10. The van der Waals surface area contributed by atoms with Crippen LogP contribution in [0.15, 0.2) is 0 Å². The van der Waals surface area contributed by atoms with Crippen LogP contribution in [-0.2, 0) is 28.4 Å². The molecule has 3 rings (SSSR count). The molecule has 16 nitrogen and oxygen atoms in total. The first kappa shape index (κ1) is 31.9. The van der Waals surface area contributed by atoms with Crippen LogP contribution in [0.1, 0.15) is 19.8 Å². The van der Waals surface area contributed by atoms with Crippen LogP contribution in [0.3, 0.4) is 0 Å². The molecule has 0 spiro atoms. The third kappa shape index (κ3) is 6.80. The van der Waals surface area contributed by atoms with E-state index in [4.69, 9.17) is 28.4 Å². The Kier molecular flexibility index (Phi) is 12.0. The van der Waals surface area contributed by atoms with Crippen molar-refractivity contribution in [2.24, 2.45) is 0 Å². The van der Waals surface area contributed by atoms with Crippen LogP contribution in [0.5, 0.6) is 0 Å². The Morgan fingerprint density at radius 3 is 1.42 bits per heavy atom. The van der Waals surface area contributed by atoms with Gasteiger partial charge in [0.05, 0.1) is 19.8 Å². The molecular formula is C22H40O16. The van der Waals surface area contributed by atoms with Crippen molar-refractivity contribution in [2.75, 3.05) is 26.4 Å². The van der Waals surface area contributed by atoms with Crippen LogP contribution in [0.2, 0.25) is 0 Å². The smallest absolute Gasteiger partial charge is 0.187 e. The summed E-state index contributed by atoms with van der Waals surface area (Å²) >= 11 is 0. The van der Waals surface area contributed by atoms with Crippen molar-refractivity contribution >= 4 is 0 Å². The van der Waals surface area contributed by atoms with E-state index in [-0.39, 0.29) is 6.61 Å². The van der Waals surface area contributed by atoms with E-state index < -0.39 is 112 Å². The van der Waals surface area contributed by atoms with Crippen LogP contribution in [0, 0.1) is 0 Å². The summed E-state index contributed by atoms with van der Waals surface area (Å²) in [6, 6.07) is 0. The zero-order chi connectivity index (χ0) is 28.1. The predicted molar refractivity (Wildman–Crippen MR) is 120 cm³/mol. The van der Waals surface area contributed by atoms with E-state index in [0.717, 1.165) is 6.42 Å². The van der Waals surface area contributed by atoms with Gasteiger partial charge in [0.2, 0.25) is 0 Å². The molecule has 0 aromatic carbocycles. The fraction of sp³-hybridized carbons (Fsp3) is 1.00. The molecule has 38 heavy (non-hydrogen) atoms. The summed E-state index contributed by atoms with van der Waals surface area (Å²) in [6.45, 7) is -0.102. The van der Waals surface area contributed by atoms with Gasteiger partial charge in [-0.25, -0.2) is 0 Å². The summed E-state index contributed by atoms with van der Waals surface area (Å²) in [5.74, 6) is 0. The van der Waals surface area contributed by atoms with E-state index in [1.807, 2.05) is 6.92 Å². The first-order valence-corrected chi connectivity index (χ1v) is 12.6. The first-order valence-electron chi connectivity index (χ1n) is 12.6. The molecule has 10 N–H and O–H groups in total. The number of hydrogen-bond acceptors (Lipinski definition) is 16. The van der Waals surface area contributed by atoms with Crippen molar-refractivity contribution in [1.82, 2.24) is 0 Å². The molecule has 224 valence electrons. The van der Waals surface area contributed by atoms with E-state index >= 15 is 0 Å². The second-order valence-corrected chi connectivity index (χ2v) is 9.54. The Balaban J connectivity index is 1.83. The average molecular weight is 561 g/mol. The number of unbranched alkanes of at least 4 members (excludes halogenated alkanes) is 1. The zero-order valence-corrected chi connectivity index (χ0v) is 20.8. The lowest BCUT2D eigenvalue weighted by atomic mass is 9.96. The summed E-state index contributed by atoms with van der Waals surface area (Å²) < 4.78 is 33.5. The number of aliphatic hydroxyl groups excluding tert-OH is 10. The molecule has 3 fully saturated rings. The summed E-state index contributed by atoms with van der Waals surface area (Å²) in [6.07, 6.45) is -22.5. The van der Waals surface area contributed by atoms with Crippen molar-refractivity contribution in [3.8, 4) is 0 Å². The molecule has 3 heterocycles. The lowest BCUT2D eigenvalue weighted by Crippen LogP contribution is -2.67. The van der Waals surface area contributed by atoms with Gasteiger partial charge >= 0.3 is 0 Å². The largest absolute Gasteiger partial charge is 0.394 e. The lowest BCUT2D eigenvalue weighted by Gasteiger charge is -2.48. The second-order valence-electron chi connectivity index (χ2n) is 9.54. The highest BCUT2D eigenvalue weighted by atomic mass is 16.8. The molecule has 0 aliphatic carbocycles. The SMILES string of the molecule is CCCCO[C@H]1O[C@H](CO)[C@@H](O[C@H]2O[C@H](CO)[C@@H](O)[C@H](O)[C@@H]2O)[C@H](O)[C@@H]1O[C@H]1O[C@H](CO)[C@@H](O)[C@H](O)[C@@H]1O. The highest BCUT2D eigenvalue weighted by Gasteiger charge is 2.54. The van der Waals surface area contributed by atoms with Gasteiger partial charge in [0.15, 0.2) is 18.9 Å². The molecule has 3 aliphatic rings. The molecule has 0 aromatic heterocycles. The van der Waals surface area contributed by atoms with Crippen molar-refractivity contribution in [2.45, 2.75) is 112 Å². The Morgan fingerprint density at radius 1 is 0.526 bits per heavy atom. The molecule has 0 amide bonds. The molecule has 15 atom stereocenters. The van der Waals surface area contributed by atoms with E-state index in [0.29, 0.717) is 6.42 Å². The topological polar surface area (TPSA) is 258 Å². The van der Waals surface area contributed by atoms with Crippen LogP contribution < -0.4 is 0 Å². The minimum atomic E-state index is -1.82. The highest BCUT2D eigenvalue weighted by Crippen LogP contribution is 2.33. The quantitative estimate of drug-likeness (QED) is 0.106. The van der Waals surface area contributed by atoms with Gasteiger partial charge in [0.25, 0.3) is 0 Å². The van der Waals surface area contributed by atoms with Crippen molar-refractivity contribution in [3.63, 3.8) is 0 Å². The lowest BCUT2D eigenvalue weighted by molar-refractivity contribution is -0.387. The maximum atomic E-state index is 11.3. The van der Waals surface area contributed by atoms with Gasteiger partial charge in [-0.05, 0) is 6.42 Å². The second kappa shape index (κ2) is 14.3. The van der Waals surface area contributed by atoms with Crippen molar-refractivity contribution in [3.05, 3.63) is 0 Å². The monoisotopic (exact) mass is 560 g/mol. The molecular weight excluding hydrogens is 520 g/mol. The summed E-state index contributed by atoms with van der Waals surface area (Å²) in [5, 5.41) is 101. The Labute approximate surface area is 218 Å². The Bertz CT molecular complexity index is 698. The normalized spacial score (nSPS) is 48.2. The van der Waals surface area contributed by atoms with E-state index in [9.17, 15) is 51.1 Å².